The number of benzene rings is 2. The maximum absolute atomic E-state index is 13.4. The second-order valence-corrected chi connectivity index (χ2v) is 8.49. The van der Waals surface area contributed by atoms with Crippen LogP contribution in [0.3, 0.4) is 0 Å². The molecule has 0 amide bonds. The van der Waals surface area contributed by atoms with E-state index in [1.165, 1.54) is 12.1 Å². The molecule has 5 rings (SSSR count). The molecule has 0 bridgehead atoms. The highest BCUT2D eigenvalue weighted by Gasteiger charge is 2.30. The molecule has 0 radical (unpaired) electrons. The van der Waals surface area contributed by atoms with E-state index in [2.05, 4.69) is 18.0 Å². The number of aromatic nitrogens is 3. The smallest absolute Gasteiger partial charge is 0.143 e. The van der Waals surface area contributed by atoms with Crippen molar-refractivity contribution in [3.8, 4) is 22.6 Å². The summed E-state index contributed by atoms with van der Waals surface area (Å²) in [6.07, 6.45) is 5.63. The van der Waals surface area contributed by atoms with E-state index < -0.39 is 0 Å². The average molecular weight is 444 g/mol. The zero-order chi connectivity index (χ0) is 22.9. The van der Waals surface area contributed by atoms with E-state index in [1.807, 2.05) is 54.2 Å². The summed E-state index contributed by atoms with van der Waals surface area (Å²) < 4.78 is 27.1. The fraction of sp³-hybridized carbons (Fsp3) is 0.259. The first-order valence-corrected chi connectivity index (χ1v) is 11.1. The van der Waals surface area contributed by atoms with E-state index in [0.717, 1.165) is 45.1 Å². The summed E-state index contributed by atoms with van der Waals surface area (Å²) in [7, 11) is 1.68. The summed E-state index contributed by atoms with van der Waals surface area (Å²) in [5.41, 5.74) is 7.23. The van der Waals surface area contributed by atoms with Crippen molar-refractivity contribution in [2.45, 2.75) is 32.3 Å². The Morgan fingerprint density at radius 1 is 1.12 bits per heavy atom. The Bertz CT molecular complexity index is 1280. The molecule has 1 aliphatic rings. The molecule has 2 aromatic carbocycles. The normalized spacial score (nSPS) is 16.3. The van der Waals surface area contributed by atoms with Crippen molar-refractivity contribution in [2.24, 2.45) is 0 Å². The largest absolute Gasteiger partial charge is 0.495 e. The molecule has 6 heteroatoms. The average Bonchev–Trinajstić information content (AvgIpc) is 3.29. The standard InChI is InChI=1S/C27H26FN3O2/c1-17-13-31(16-30-17)25-9-6-20(12-26(25)32-3)22-10-11-29-27-23(14-33-15-24(22)27)18(2)19-4-7-21(28)8-5-19/h4-13,16,18,23H,14-15H2,1-3H3. The zero-order valence-electron chi connectivity index (χ0n) is 19.0. The molecule has 2 atom stereocenters. The quantitative estimate of drug-likeness (QED) is 0.391. The molecule has 0 N–H and O–H groups in total. The van der Waals surface area contributed by atoms with Gasteiger partial charge in [-0.05, 0) is 59.9 Å². The van der Waals surface area contributed by atoms with Gasteiger partial charge >= 0.3 is 0 Å². The number of hydrogen-bond donors (Lipinski definition) is 0. The number of hydrogen-bond acceptors (Lipinski definition) is 4. The molecule has 3 heterocycles. The van der Waals surface area contributed by atoms with Crippen LogP contribution in [-0.4, -0.2) is 28.3 Å². The molecule has 0 spiro atoms. The van der Waals surface area contributed by atoms with Crippen LogP contribution in [0, 0.1) is 12.7 Å². The van der Waals surface area contributed by atoms with Gasteiger partial charge in [0.25, 0.3) is 0 Å². The second kappa shape index (κ2) is 8.79. The number of pyridine rings is 1. The molecule has 0 fully saturated rings. The van der Waals surface area contributed by atoms with E-state index in [9.17, 15) is 4.39 Å². The first-order valence-electron chi connectivity index (χ1n) is 11.1. The van der Waals surface area contributed by atoms with Crippen LogP contribution in [0.4, 0.5) is 4.39 Å². The lowest BCUT2D eigenvalue weighted by molar-refractivity contribution is 0.0836. The van der Waals surface area contributed by atoms with Crippen LogP contribution in [0.5, 0.6) is 5.75 Å². The van der Waals surface area contributed by atoms with E-state index in [4.69, 9.17) is 14.5 Å². The van der Waals surface area contributed by atoms with Gasteiger partial charge in [-0.2, -0.15) is 0 Å². The van der Waals surface area contributed by atoms with Crippen molar-refractivity contribution in [2.75, 3.05) is 13.7 Å². The number of methoxy groups -OCH3 is 1. The molecule has 0 saturated heterocycles. The molecule has 0 saturated carbocycles. The lowest BCUT2D eigenvalue weighted by Crippen LogP contribution is -2.23. The Labute approximate surface area is 192 Å². The predicted molar refractivity (Wildman–Crippen MR) is 125 cm³/mol. The van der Waals surface area contributed by atoms with Crippen molar-refractivity contribution >= 4 is 0 Å². The highest BCUT2D eigenvalue weighted by molar-refractivity contribution is 5.72. The van der Waals surface area contributed by atoms with Crippen LogP contribution in [0.2, 0.25) is 0 Å². The van der Waals surface area contributed by atoms with Crippen LogP contribution < -0.4 is 4.74 Å². The summed E-state index contributed by atoms with van der Waals surface area (Å²) in [4.78, 5) is 9.09. The van der Waals surface area contributed by atoms with Crippen molar-refractivity contribution in [3.63, 3.8) is 0 Å². The summed E-state index contributed by atoms with van der Waals surface area (Å²) >= 11 is 0. The predicted octanol–water partition coefficient (Wildman–Crippen LogP) is 5.81. The van der Waals surface area contributed by atoms with Gasteiger partial charge in [-0.15, -0.1) is 0 Å². The first-order chi connectivity index (χ1) is 16.0. The van der Waals surface area contributed by atoms with Gasteiger partial charge in [0.1, 0.15) is 11.6 Å². The Balaban J connectivity index is 1.53. The third kappa shape index (κ3) is 4.02. The summed E-state index contributed by atoms with van der Waals surface area (Å²) in [5, 5.41) is 0. The molecule has 33 heavy (non-hydrogen) atoms. The number of aryl methyl sites for hydroxylation is 1. The summed E-state index contributed by atoms with van der Waals surface area (Å²) in [6, 6.07) is 14.9. The van der Waals surface area contributed by atoms with Crippen LogP contribution in [0.25, 0.3) is 16.8 Å². The number of ether oxygens (including phenoxy) is 2. The second-order valence-electron chi connectivity index (χ2n) is 8.49. The van der Waals surface area contributed by atoms with Crippen LogP contribution in [0.1, 0.15) is 41.3 Å². The van der Waals surface area contributed by atoms with Crippen molar-refractivity contribution in [1.29, 1.82) is 0 Å². The van der Waals surface area contributed by atoms with Gasteiger partial charge < -0.3 is 14.0 Å². The minimum atomic E-state index is -0.227. The van der Waals surface area contributed by atoms with E-state index in [0.29, 0.717) is 13.2 Å². The maximum Gasteiger partial charge on any atom is 0.143 e. The number of fused-ring (bicyclic) bond motifs is 1. The van der Waals surface area contributed by atoms with Crippen molar-refractivity contribution in [1.82, 2.24) is 14.5 Å². The fourth-order valence-corrected chi connectivity index (χ4v) is 4.61. The van der Waals surface area contributed by atoms with Crippen molar-refractivity contribution < 1.29 is 13.9 Å². The molecule has 168 valence electrons. The topological polar surface area (TPSA) is 49.2 Å². The maximum atomic E-state index is 13.4. The Morgan fingerprint density at radius 2 is 1.94 bits per heavy atom. The van der Waals surface area contributed by atoms with Crippen molar-refractivity contribution in [3.05, 3.63) is 95.6 Å². The molecule has 2 aromatic heterocycles. The van der Waals surface area contributed by atoms with E-state index >= 15 is 0 Å². The van der Waals surface area contributed by atoms with Gasteiger partial charge in [0.15, 0.2) is 0 Å². The monoisotopic (exact) mass is 443 g/mol. The van der Waals surface area contributed by atoms with Gasteiger partial charge in [-0.25, -0.2) is 9.37 Å². The molecular weight excluding hydrogens is 417 g/mol. The lowest BCUT2D eigenvalue weighted by atomic mass is 9.81. The van der Waals surface area contributed by atoms with Crippen LogP contribution in [0.15, 0.2) is 67.3 Å². The lowest BCUT2D eigenvalue weighted by Gasteiger charge is -2.31. The highest BCUT2D eigenvalue weighted by Crippen LogP contribution is 2.41. The molecule has 2 unspecified atom stereocenters. The molecule has 4 aromatic rings. The Hall–Kier alpha value is -3.51. The number of imidazole rings is 1. The van der Waals surface area contributed by atoms with E-state index in [-0.39, 0.29) is 17.7 Å². The zero-order valence-corrected chi connectivity index (χ0v) is 19.0. The number of nitrogens with zero attached hydrogens (tertiary/aromatic N) is 3. The number of rotatable bonds is 5. The molecule has 1 aliphatic heterocycles. The summed E-state index contributed by atoms with van der Waals surface area (Å²) in [5.74, 6) is 0.779. The molecular formula is C27H26FN3O2. The third-order valence-electron chi connectivity index (χ3n) is 6.46. The molecule has 5 nitrogen and oxygen atoms in total. The van der Waals surface area contributed by atoms with Crippen LogP contribution in [-0.2, 0) is 11.3 Å². The first kappa shape index (κ1) is 21.3. The van der Waals surface area contributed by atoms with Gasteiger partial charge in [0.05, 0.1) is 43.7 Å². The fourth-order valence-electron chi connectivity index (χ4n) is 4.61. The Kier molecular flexibility index (Phi) is 5.68. The van der Waals surface area contributed by atoms with Gasteiger partial charge in [0, 0.05) is 23.9 Å². The Morgan fingerprint density at radius 3 is 2.67 bits per heavy atom. The minimum Gasteiger partial charge on any atom is -0.495 e. The van der Waals surface area contributed by atoms with Crippen LogP contribution >= 0.6 is 0 Å². The third-order valence-corrected chi connectivity index (χ3v) is 6.46. The SMILES string of the molecule is COc1cc(-c2ccnc3c2COCC3C(C)c2ccc(F)cc2)ccc1-n1cnc(C)c1. The van der Waals surface area contributed by atoms with Gasteiger partial charge in [-0.3, -0.25) is 4.98 Å². The highest BCUT2D eigenvalue weighted by atomic mass is 19.1. The minimum absolute atomic E-state index is 0.0919. The van der Waals surface area contributed by atoms with Gasteiger partial charge in [0.2, 0.25) is 0 Å². The molecule has 0 aliphatic carbocycles. The van der Waals surface area contributed by atoms with E-state index in [1.54, 1.807) is 13.4 Å². The summed E-state index contributed by atoms with van der Waals surface area (Å²) in [6.45, 7) is 5.21. The number of halogens is 1. The van der Waals surface area contributed by atoms with Gasteiger partial charge in [-0.1, -0.05) is 25.1 Å².